The van der Waals surface area contributed by atoms with E-state index in [-0.39, 0.29) is 29.8 Å². The van der Waals surface area contributed by atoms with Crippen LogP contribution >= 0.6 is 0 Å². The first kappa shape index (κ1) is 21.1. The molecule has 0 radical (unpaired) electrons. The van der Waals surface area contributed by atoms with E-state index in [0.29, 0.717) is 0 Å². The summed E-state index contributed by atoms with van der Waals surface area (Å²) in [7, 11) is -3.60. The van der Waals surface area contributed by atoms with Gasteiger partial charge in [-0.3, -0.25) is 4.79 Å². The van der Waals surface area contributed by atoms with Gasteiger partial charge in [0.15, 0.2) is 0 Å². The molecular weight excluding hydrogens is 360 g/mol. The maximum atomic E-state index is 12.5. The molecular formula is C21H28N2O3S. The lowest BCUT2D eigenvalue weighted by atomic mass is 10.0. The third-order valence-electron chi connectivity index (χ3n) is 4.50. The van der Waals surface area contributed by atoms with Crippen LogP contribution in [0.1, 0.15) is 44.7 Å². The van der Waals surface area contributed by atoms with E-state index in [9.17, 15) is 13.2 Å². The van der Waals surface area contributed by atoms with E-state index in [4.69, 9.17) is 0 Å². The van der Waals surface area contributed by atoms with Crippen LogP contribution in [-0.4, -0.2) is 27.4 Å². The molecule has 0 heterocycles. The number of aryl methyl sites for hydroxylation is 1. The van der Waals surface area contributed by atoms with E-state index >= 15 is 0 Å². The van der Waals surface area contributed by atoms with E-state index in [1.165, 1.54) is 6.92 Å². The van der Waals surface area contributed by atoms with Crippen molar-refractivity contribution in [2.75, 3.05) is 18.0 Å². The molecule has 0 atom stereocenters. The molecule has 0 bridgehead atoms. The normalized spacial score (nSPS) is 11.6. The van der Waals surface area contributed by atoms with Gasteiger partial charge in [0.1, 0.15) is 0 Å². The molecule has 0 aliphatic rings. The van der Waals surface area contributed by atoms with Crippen LogP contribution in [0.25, 0.3) is 0 Å². The fraction of sp³-hybridized carbons (Fsp3) is 0.381. The maximum absolute atomic E-state index is 12.5. The number of hydrogen-bond donors (Lipinski definition) is 1. The Labute approximate surface area is 162 Å². The molecule has 0 aliphatic carbocycles. The summed E-state index contributed by atoms with van der Waals surface area (Å²) in [6, 6.07) is 14.6. The average Bonchev–Trinajstić information content (AvgIpc) is 2.65. The molecule has 5 nitrogen and oxygen atoms in total. The van der Waals surface area contributed by atoms with Crippen LogP contribution in [0.4, 0.5) is 5.69 Å². The highest BCUT2D eigenvalue weighted by molar-refractivity contribution is 7.89. The third-order valence-corrected chi connectivity index (χ3v) is 5.98. The Balaban J connectivity index is 2.11. The van der Waals surface area contributed by atoms with Gasteiger partial charge in [0.25, 0.3) is 0 Å². The molecule has 0 aliphatic heterocycles. The molecule has 0 fully saturated rings. The topological polar surface area (TPSA) is 66.5 Å². The number of hydrogen-bond acceptors (Lipinski definition) is 3. The van der Waals surface area contributed by atoms with Crippen molar-refractivity contribution >= 4 is 21.6 Å². The summed E-state index contributed by atoms with van der Waals surface area (Å²) in [5.41, 5.74) is 2.97. The summed E-state index contributed by atoms with van der Waals surface area (Å²) in [5, 5.41) is 0. The maximum Gasteiger partial charge on any atom is 0.240 e. The minimum atomic E-state index is -3.60. The van der Waals surface area contributed by atoms with Gasteiger partial charge in [0, 0.05) is 25.7 Å². The SMILES string of the molecule is CCc1ccc(S(=O)(=O)NCCN(C(C)=O)c2ccccc2C(C)C)cc1. The van der Waals surface area contributed by atoms with Gasteiger partial charge in [-0.05, 0) is 41.7 Å². The first-order valence-corrected chi connectivity index (χ1v) is 10.7. The molecule has 0 spiro atoms. The molecule has 146 valence electrons. The van der Waals surface area contributed by atoms with Gasteiger partial charge in [-0.25, -0.2) is 13.1 Å². The Morgan fingerprint density at radius 2 is 1.70 bits per heavy atom. The summed E-state index contributed by atoms with van der Waals surface area (Å²) in [6.45, 7) is 8.07. The largest absolute Gasteiger partial charge is 0.311 e. The van der Waals surface area contributed by atoms with Gasteiger partial charge in [-0.15, -0.1) is 0 Å². The smallest absolute Gasteiger partial charge is 0.240 e. The first-order valence-electron chi connectivity index (χ1n) is 9.22. The number of anilines is 1. The molecule has 6 heteroatoms. The van der Waals surface area contributed by atoms with Crippen molar-refractivity contribution in [3.63, 3.8) is 0 Å². The quantitative estimate of drug-likeness (QED) is 0.750. The van der Waals surface area contributed by atoms with Crippen LogP contribution in [0.2, 0.25) is 0 Å². The first-order chi connectivity index (χ1) is 12.8. The van der Waals surface area contributed by atoms with Gasteiger partial charge in [0.2, 0.25) is 15.9 Å². The van der Waals surface area contributed by atoms with Gasteiger partial charge in [0.05, 0.1) is 4.90 Å². The molecule has 2 aromatic rings. The summed E-state index contributed by atoms with van der Waals surface area (Å²) in [4.78, 5) is 14.0. The third kappa shape index (κ3) is 5.40. The number of sulfonamides is 1. The highest BCUT2D eigenvalue weighted by Gasteiger charge is 2.18. The fourth-order valence-corrected chi connectivity index (χ4v) is 3.97. The molecule has 0 saturated carbocycles. The molecule has 1 amide bonds. The number of para-hydroxylation sites is 1. The van der Waals surface area contributed by atoms with Crippen LogP contribution in [0.15, 0.2) is 53.4 Å². The van der Waals surface area contributed by atoms with Crippen LogP contribution < -0.4 is 9.62 Å². The van der Waals surface area contributed by atoms with Crippen molar-refractivity contribution in [3.8, 4) is 0 Å². The second-order valence-corrected chi connectivity index (χ2v) is 8.55. The molecule has 2 aromatic carbocycles. The second-order valence-electron chi connectivity index (χ2n) is 6.78. The summed E-state index contributed by atoms with van der Waals surface area (Å²) >= 11 is 0. The van der Waals surface area contributed by atoms with E-state index in [1.807, 2.05) is 43.3 Å². The second kappa shape index (κ2) is 9.15. The average molecular weight is 389 g/mol. The zero-order chi connectivity index (χ0) is 20.0. The molecule has 0 aromatic heterocycles. The Kier molecular flexibility index (Phi) is 7.16. The highest BCUT2D eigenvalue weighted by atomic mass is 32.2. The Morgan fingerprint density at radius 1 is 1.07 bits per heavy atom. The van der Waals surface area contributed by atoms with E-state index in [1.54, 1.807) is 17.0 Å². The molecule has 0 unspecified atom stereocenters. The van der Waals surface area contributed by atoms with E-state index < -0.39 is 10.0 Å². The van der Waals surface area contributed by atoms with E-state index in [0.717, 1.165) is 23.2 Å². The molecule has 0 saturated heterocycles. The van der Waals surface area contributed by atoms with Gasteiger partial charge >= 0.3 is 0 Å². The number of amides is 1. The molecule has 2 rings (SSSR count). The monoisotopic (exact) mass is 388 g/mol. The predicted molar refractivity (Wildman–Crippen MR) is 110 cm³/mol. The van der Waals surface area contributed by atoms with Crippen molar-refractivity contribution in [2.45, 2.75) is 44.9 Å². The number of rotatable bonds is 8. The van der Waals surface area contributed by atoms with Crippen molar-refractivity contribution < 1.29 is 13.2 Å². The zero-order valence-electron chi connectivity index (χ0n) is 16.4. The molecule has 1 N–H and O–H groups in total. The van der Waals surface area contributed by atoms with Crippen LogP contribution in [0.5, 0.6) is 0 Å². The van der Waals surface area contributed by atoms with Crippen molar-refractivity contribution in [1.82, 2.24) is 4.72 Å². The van der Waals surface area contributed by atoms with Crippen molar-refractivity contribution in [2.24, 2.45) is 0 Å². The predicted octanol–water partition coefficient (Wildman–Crippen LogP) is 3.70. The minimum Gasteiger partial charge on any atom is -0.311 e. The summed E-state index contributed by atoms with van der Waals surface area (Å²) in [6.07, 6.45) is 0.858. The van der Waals surface area contributed by atoms with Crippen LogP contribution in [-0.2, 0) is 21.2 Å². The Hall–Kier alpha value is -2.18. The standard InChI is InChI=1S/C21H28N2O3S/c1-5-18-10-12-19(13-11-18)27(25,26)22-14-15-23(17(4)24)21-9-7-6-8-20(21)16(2)3/h6-13,16,22H,5,14-15H2,1-4H3. The Morgan fingerprint density at radius 3 is 2.26 bits per heavy atom. The van der Waals surface area contributed by atoms with Crippen molar-refractivity contribution in [1.29, 1.82) is 0 Å². The number of carbonyl (C=O) groups is 1. The van der Waals surface area contributed by atoms with Crippen LogP contribution in [0, 0.1) is 0 Å². The van der Waals surface area contributed by atoms with Crippen LogP contribution in [0.3, 0.4) is 0 Å². The minimum absolute atomic E-state index is 0.116. The van der Waals surface area contributed by atoms with Gasteiger partial charge < -0.3 is 4.90 Å². The van der Waals surface area contributed by atoms with Gasteiger partial charge in [-0.2, -0.15) is 0 Å². The summed E-state index contributed by atoms with van der Waals surface area (Å²) < 4.78 is 27.6. The summed E-state index contributed by atoms with van der Waals surface area (Å²) in [5.74, 6) is 0.145. The fourth-order valence-electron chi connectivity index (χ4n) is 2.95. The number of nitrogens with zero attached hydrogens (tertiary/aromatic N) is 1. The lowest BCUT2D eigenvalue weighted by molar-refractivity contribution is -0.116. The lowest BCUT2D eigenvalue weighted by Gasteiger charge is -2.25. The Bertz CT molecular complexity index is 875. The van der Waals surface area contributed by atoms with Crippen molar-refractivity contribution in [3.05, 3.63) is 59.7 Å². The zero-order valence-corrected chi connectivity index (χ0v) is 17.2. The highest BCUT2D eigenvalue weighted by Crippen LogP contribution is 2.27. The van der Waals surface area contributed by atoms with E-state index in [2.05, 4.69) is 18.6 Å². The van der Waals surface area contributed by atoms with Gasteiger partial charge in [-0.1, -0.05) is 51.1 Å². The molecule has 27 heavy (non-hydrogen) atoms. The lowest BCUT2D eigenvalue weighted by Crippen LogP contribution is -2.38. The number of benzene rings is 2. The number of nitrogens with one attached hydrogen (secondary N) is 1. The number of carbonyl (C=O) groups excluding carboxylic acids is 1.